The van der Waals surface area contributed by atoms with Gasteiger partial charge in [-0.05, 0) is 24.3 Å². The average Bonchev–Trinajstić information content (AvgIpc) is 2.46. The van der Waals surface area contributed by atoms with Gasteiger partial charge in [-0.3, -0.25) is 14.8 Å². The van der Waals surface area contributed by atoms with E-state index in [1.807, 2.05) is 0 Å². The van der Waals surface area contributed by atoms with Gasteiger partial charge in [0.2, 0.25) is 0 Å². The quantitative estimate of drug-likeness (QED) is 0.556. The van der Waals surface area contributed by atoms with E-state index >= 15 is 0 Å². The minimum absolute atomic E-state index is 0.0517. The first-order valence-electron chi connectivity index (χ1n) is 6.04. The van der Waals surface area contributed by atoms with E-state index in [1.54, 1.807) is 0 Å². The molecule has 0 radical (unpaired) electrons. The Labute approximate surface area is 130 Å². The lowest BCUT2D eigenvalue weighted by Crippen LogP contribution is -2.14. The van der Waals surface area contributed by atoms with Crippen molar-refractivity contribution in [3.8, 4) is 5.75 Å². The van der Waals surface area contributed by atoms with Crippen LogP contribution in [0, 0.1) is 10.1 Å². The second-order valence-corrected chi connectivity index (χ2v) is 6.08. The first-order valence-corrected chi connectivity index (χ1v) is 7.52. The molecule has 0 fully saturated rings. The van der Waals surface area contributed by atoms with Gasteiger partial charge in [-0.15, -0.1) is 0 Å². The molecule has 0 saturated heterocycles. The number of nitro groups is 1. The van der Waals surface area contributed by atoms with Crippen molar-refractivity contribution in [1.82, 2.24) is 0 Å². The molecule has 0 aliphatic carbocycles. The van der Waals surface area contributed by atoms with Gasteiger partial charge < -0.3 is 10.2 Å². The Morgan fingerprint density at radius 1 is 1.17 bits per heavy atom. The van der Waals surface area contributed by atoms with Crippen molar-refractivity contribution in [2.45, 2.75) is 4.90 Å². The monoisotopic (exact) mass is 338 g/mol. The summed E-state index contributed by atoms with van der Waals surface area (Å²) < 4.78 is 26.5. The van der Waals surface area contributed by atoms with E-state index in [4.69, 9.17) is 5.11 Å². The molecular formula is C13H10N2O7S. The topological polar surface area (TPSA) is 147 Å². The molecule has 0 bridgehead atoms. The third-order valence-corrected chi connectivity index (χ3v) is 4.20. The number of carboxylic acids is 1. The highest BCUT2D eigenvalue weighted by molar-refractivity contribution is 7.92. The maximum Gasteiger partial charge on any atom is 0.339 e. The minimum atomic E-state index is -4.18. The van der Waals surface area contributed by atoms with Gasteiger partial charge in [0.15, 0.2) is 0 Å². The molecule has 0 aromatic heterocycles. The molecule has 0 amide bonds. The number of carbonyl (C=O) groups is 1. The van der Waals surface area contributed by atoms with Crippen molar-refractivity contribution in [2.75, 3.05) is 4.72 Å². The van der Waals surface area contributed by atoms with Gasteiger partial charge >= 0.3 is 5.97 Å². The number of rotatable bonds is 5. The van der Waals surface area contributed by atoms with E-state index in [1.165, 1.54) is 18.2 Å². The molecule has 2 rings (SSSR count). The molecule has 2 aromatic carbocycles. The second kappa shape index (κ2) is 5.93. The van der Waals surface area contributed by atoms with E-state index in [0.29, 0.717) is 0 Å². The summed E-state index contributed by atoms with van der Waals surface area (Å²) in [7, 11) is -4.18. The molecule has 23 heavy (non-hydrogen) atoms. The summed E-state index contributed by atoms with van der Waals surface area (Å²) >= 11 is 0. The number of carboxylic acid groups (broad SMARTS) is 1. The van der Waals surface area contributed by atoms with Crippen molar-refractivity contribution >= 4 is 27.4 Å². The Balaban J connectivity index is 2.40. The van der Waals surface area contributed by atoms with E-state index in [2.05, 4.69) is 4.72 Å². The fourth-order valence-electron chi connectivity index (χ4n) is 1.75. The maximum atomic E-state index is 12.2. The fraction of sp³-hybridized carbons (Fsp3) is 0. The van der Waals surface area contributed by atoms with Gasteiger partial charge in [-0.2, -0.15) is 0 Å². The Hall–Kier alpha value is -3.14. The van der Waals surface area contributed by atoms with Crippen LogP contribution in [0.3, 0.4) is 0 Å². The van der Waals surface area contributed by atoms with Crippen LogP contribution in [0.25, 0.3) is 0 Å². The zero-order valence-electron chi connectivity index (χ0n) is 11.3. The predicted octanol–water partition coefficient (Wildman–Crippen LogP) is 1.80. The predicted molar refractivity (Wildman–Crippen MR) is 79.0 cm³/mol. The van der Waals surface area contributed by atoms with Crippen LogP contribution in [0.5, 0.6) is 5.75 Å². The summed E-state index contributed by atoms with van der Waals surface area (Å²) in [6.07, 6.45) is 0. The van der Waals surface area contributed by atoms with E-state index < -0.39 is 37.1 Å². The van der Waals surface area contributed by atoms with Gasteiger partial charge in [-0.25, -0.2) is 13.2 Å². The van der Waals surface area contributed by atoms with Gasteiger partial charge in [0.1, 0.15) is 11.3 Å². The van der Waals surface area contributed by atoms with Crippen LogP contribution in [0.2, 0.25) is 0 Å². The Morgan fingerprint density at radius 2 is 1.87 bits per heavy atom. The Bertz CT molecular complexity index is 893. The highest BCUT2D eigenvalue weighted by atomic mass is 32.2. The largest absolute Gasteiger partial charge is 0.507 e. The number of benzene rings is 2. The van der Waals surface area contributed by atoms with Crippen molar-refractivity contribution < 1.29 is 28.3 Å². The molecule has 0 heterocycles. The molecule has 0 aliphatic rings. The number of non-ortho nitro benzene ring substituents is 1. The summed E-state index contributed by atoms with van der Waals surface area (Å²) in [6.45, 7) is 0. The number of aromatic hydroxyl groups is 1. The summed E-state index contributed by atoms with van der Waals surface area (Å²) in [5, 5.41) is 29.0. The minimum Gasteiger partial charge on any atom is -0.507 e. The first-order chi connectivity index (χ1) is 10.7. The van der Waals surface area contributed by atoms with E-state index in [9.17, 15) is 28.4 Å². The van der Waals surface area contributed by atoms with Crippen LogP contribution in [0.4, 0.5) is 11.4 Å². The van der Waals surface area contributed by atoms with Crippen LogP contribution in [-0.4, -0.2) is 29.5 Å². The van der Waals surface area contributed by atoms with Gasteiger partial charge in [0.05, 0.1) is 15.5 Å². The number of nitrogens with one attached hydrogen (secondary N) is 1. The maximum absolute atomic E-state index is 12.2. The molecule has 2 aromatic rings. The van der Waals surface area contributed by atoms with Crippen LogP contribution in [0.1, 0.15) is 10.4 Å². The molecule has 0 aliphatic heterocycles. The van der Waals surface area contributed by atoms with E-state index in [-0.39, 0.29) is 11.4 Å². The number of sulfonamides is 1. The standard InChI is InChI=1S/C13H10N2O7S/c16-12-5-4-10(7-11(12)13(17)18)23(21,22)14-8-2-1-3-9(6-8)15(19)20/h1-7,14,16H,(H,17,18). The first kappa shape index (κ1) is 16.2. The van der Waals surface area contributed by atoms with Crippen LogP contribution < -0.4 is 4.72 Å². The number of hydrogen-bond acceptors (Lipinski definition) is 6. The number of anilines is 1. The Kier molecular flexibility index (Phi) is 4.18. The molecule has 0 unspecified atom stereocenters. The molecule has 0 atom stereocenters. The number of nitro benzene ring substituents is 1. The zero-order chi connectivity index (χ0) is 17.2. The van der Waals surface area contributed by atoms with Crippen molar-refractivity contribution in [2.24, 2.45) is 0 Å². The summed E-state index contributed by atoms with van der Waals surface area (Å²) in [4.78, 5) is 20.5. The van der Waals surface area contributed by atoms with E-state index in [0.717, 1.165) is 24.3 Å². The van der Waals surface area contributed by atoms with Crippen molar-refractivity contribution in [3.63, 3.8) is 0 Å². The average molecular weight is 338 g/mol. The van der Waals surface area contributed by atoms with Crippen LogP contribution in [-0.2, 0) is 10.0 Å². The summed E-state index contributed by atoms with van der Waals surface area (Å²) in [5.41, 5.74) is -0.932. The highest BCUT2D eigenvalue weighted by Crippen LogP contribution is 2.24. The van der Waals surface area contributed by atoms with Gasteiger partial charge in [-0.1, -0.05) is 6.07 Å². The van der Waals surface area contributed by atoms with Gasteiger partial charge in [0, 0.05) is 12.1 Å². The Morgan fingerprint density at radius 3 is 2.48 bits per heavy atom. The number of nitrogens with zero attached hydrogens (tertiary/aromatic N) is 1. The highest BCUT2D eigenvalue weighted by Gasteiger charge is 2.19. The molecule has 3 N–H and O–H groups in total. The van der Waals surface area contributed by atoms with Gasteiger partial charge in [0.25, 0.3) is 15.7 Å². The summed E-state index contributed by atoms with van der Waals surface area (Å²) in [5.74, 6) is -2.07. The number of phenols is 1. The SMILES string of the molecule is O=C(O)c1cc(S(=O)(=O)Nc2cccc([N+](=O)[O-])c2)ccc1O. The molecule has 10 heteroatoms. The molecule has 120 valence electrons. The number of hydrogen-bond donors (Lipinski definition) is 3. The second-order valence-electron chi connectivity index (χ2n) is 4.40. The van der Waals surface area contributed by atoms with Crippen molar-refractivity contribution in [1.29, 1.82) is 0 Å². The third-order valence-electron chi connectivity index (χ3n) is 2.82. The van der Waals surface area contributed by atoms with Crippen molar-refractivity contribution in [3.05, 3.63) is 58.1 Å². The summed E-state index contributed by atoms with van der Waals surface area (Å²) in [6, 6.07) is 7.57. The van der Waals surface area contributed by atoms with Crippen LogP contribution in [0.15, 0.2) is 47.4 Å². The zero-order valence-corrected chi connectivity index (χ0v) is 12.1. The lowest BCUT2D eigenvalue weighted by atomic mass is 10.2. The van der Waals surface area contributed by atoms with Crippen LogP contribution >= 0.6 is 0 Å². The molecule has 0 saturated carbocycles. The molecule has 0 spiro atoms. The fourth-order valence-corrected chi connectivity index (χ4v) is 2.83. The number of aromatic carboxylic acids is 1. The molecule has 9 nitrogen and oxygen atoms in total. The lowest BCUT2D eigenvalue weighted by Gasteiger charge is -2.09. The molecular weight excluding hydrogens is 328 g/mol. The smallest absolute Gasteiger partial charge is 0.339 e. The third kappa shape index (κ3) is 3.55. The normalized spacial score (nSPS) is 11.0. The lowest BCUT2D eigenvalue weighted by molar-refractivity contribution is -0.384.